The monoisotopic (exact) mass is 304 g/mol. The Labute approximate surface area is 126 Å². The van der Waals surface area contributed by atoms with Gasteiger partial charge in [-0.05, 0) is 26.0 Å². The molecule has 0 spiro atoms. The van der Waals surface area contributed by atoms with Gasteiger partial charge in [0.15, 0.2) is 5.13 Å². The van der Waals surface area contributed by atoms with Gasteiger partial charge in [0.25, 0.3) is 5.91 Å². The third kappa shape index (κ3) is 4.28. The maximum Gasteiger partial charge on any atom is 0.319 e. The quantitative estimate of drug-likeness (QED) is 0.812. The lowest BCUT2D eigenvalue weighted by molar-refractivity contribution is 0.102. The fourth-order valence-corrected chi connectivity index (χ4v) is 2.18. The number of para-hydroxylation sites is 1. The van der Waals surface area contributed by atoms with Gasteiger partial charge in [-0.3, -0.25) is 10.1 Å². The molecule has 0 saturated carbocycles. The van der Waals surface area contributed by atoms with Gasteiger partial charge in [0, 0.05) is 17.6 Å². The number of hydrogen-bond donors (Lipinski definition) is 3. The molecule has 1 aromatic heterocycles. The minimum absolute atomic E-state index is 0.0151. The molecule has 2 aromatic rings. The Bertz CT molecular complexity index is 626. The molecule has 0 bridgehead atoms. The summed E-state index contributed by atoms with van der Waals surface area (Å²) in [6.45, 7) is 3.72. The van der Waals surface area contributed by atoms with Gasteiger partial charge in [-0.25, -0.2) is 9.78 Å². The normalized spacial score (nSPS) is 10.2. The third-order valence-electron chi connectivity index (χ3n) is 2.49. The number of nitrogens with one attached hydrogen (secondary N) is 3. The van der Waals surface area contributed by atoms with Crippen molar-refractivity contribution in [3.8, 4) is 0 Å². The Kier molecular flexibility index (Phi) is 4.89. The van der Waals surface area contributed by atoms with E-state index in [2.05, 4.69) is 20.9 Å². The smallest absolute Gasteiger partial charge is 0.319 e. The molecular weight excluding hydrogens is 288 g/mol. The number of urea groups is 1. The van der Waals surface area contributed by atoms with Crippen LogP contribution in [-0.4, -0.2) is 23.0 Å². The van der Waals surface area contributed by atoms with E-state index in [0.717, 1.165) is 0 Å². The first-order valence-electron chi connectivity index (χ1n) is 6.43. The molecule has 0 fully saturated rings. The van der Waals surface area contributed by atoms with Crippen LogP contribution in [-0.2, 0) is 0 Å². The second-order valence-corrected chi connectivity index (χ2v) is 5.48. The van der Waals surface area contributed by atoms with Gasteiger partial charge in [0.2, 0.25) is 0 Å². The Morgan fingerprint density at radius 1 is 1.19 bits per heavy atom. The number of anilines is 2. The van der Waals surface area contributed by atoms with E-state index >= 15 is 0 Å². The van der Waals surface area contributed by atoms with Crippen LogP contribution in [0, 0.1) is 0 Å². The lowest BCUT2D eigenvalue weighted by atomic mass is 10.1. The molecule has 7 heteroatoms. The number of amides is 3. The molecular formula is C14H16N4O2S. The summed E-state index contributed by atoms with van der Waals surface area (Å²) in [5.41, 5.74) is 0.830. The number of carbonyl (C=O) groups excluding carboxylic acids is 2. The summed E-state index contributed by atoms with van der Waals surface area (Å²) >= 11 is 1.33. The molecule has 0 aliphatic carbocycles. The highest BCUT2D eigenvalue weighted by Gasteiger charge is 2.14. The fourth-order valence-electron chi connectivity index (χ4n) is 1.66. The van der Waals surface area contributed by atoms with E-state index in [1.807, 2.05) is 13.8 Å². The van der Waals surface area contributed by atoms with Crippen LogP contribution in [0.3, 0.4) is 0 Å². The molecule has 3 amide bonds. The molecule has 3 N–H and O–H groups in total. The lowest BCUT2D eigenvalue weighted by Crippen LogP contribution is -2.34. The third-order valence-corrected chi connectivity index (χ3v) is 3.18. The summed E-state index contributed by atoms with van der Waals surface area (Å²) < 4.78 is 0. The highest BCUT2D eigenvalue weighted by molar-refractivity contribution is 7.13. The van der Waals surface area contributed by atoms with Crippen LogP contribution in [0.1, 0.15) is 24.2 Å². The van der Waals surface area contributed by atoms with Gasteiger partial charge in [0.1, 0.15) is 0 Å². The van der Waals surface area contributed by atoms with E-state index < -0.39 is 0 Å². The van der Waals surface area contributed by atoms with Gasteiger partial charge in [-0.1, -0.05) is 12.1 Å². The van der Waals surface area contributed by atoms with Crippen LogP contribution in [0.25, 0.3) is 0 Å². The second kappa shape index (κ2) is 6.85. The molecule has 0 unspecified atom stereocenters. The first-order valence-corrected chi connectivity index (χ1v) is 7.31. The Hall–Kier alpha value is -2.41. The predicted octanol–water partition coefficient (Wildman–Crippen LogP) is 2.93. The van der Waals surface area contributed by atoms with Gasteiger partial charge >= 0.3 is 6.03 Å². The van der Waals surface area contributed by atoms with Crippen molar-refractivity contribution < 1.29 is 9.59 Å². The molecule has 1 heterocycles. The minimum atomic E-state index is -0.348. The topological polar surface area (TPSA) is 83.1 Å². The van der Waals surface area contributed by atoms with Crippen molar-refractivity contribution in [2.75, 3.05) is 10.6 Å². The average Bonchev–Trinajstić information content (AvgIpc) is 2.91. The van der Waals surface area contributed by atoms with E-state index in [4.69, 9.17) is 0 Å². The maximum atomic E-state index is 12.2. The van der Waals surface area contributed by atoms with Crippen molar-refractivity contribution in [1.82, 2.24) is 10.3 Å². The van der Waals surface area contributed by atoms with Crippen LogP contribution in [0.2, 0.25) is 0 Å². The minimum Gasteiger partial charge on any atom is -0.336 e. The number of thiazole rings is 1. The zero-order chi connectivity index (χ0) is 15.2. The lowest BCUT2D eigenvalue weighted by Gasteiger charge is -2.13. The van der Waals surface area contributed by atoms with Crippen LogP contribution < -0.4 is 16.0 Å². The van der Waals surface area contributed by atoms with Crippen molar-refractivity contribution in [2.24, 2.45) is 0 Å². The Morgan fingerprint density at radius 3 is 2.62 bits per heavy atom. The van der Waals surface area contributed by atoms with E-state index in [1.54, 1.807) is 35.8 Å². The highest BCUT2D eigenvalue weighted by atomic mass is 32.1. The second-order valence-electron chi connectivity index (χ2n) is 4.59. The van der Waals surface area contributed by atoms with Crippen LogP contribution >= 0.6 is 11.3 Å². The van der Waals surface area contributed by atoms with Crippen LogP contribution in [0.4, 0.5) is 15.6 Å². The molecule has 0 atom stereocenters. The zero-order valence-corrected chi connectivity index (χ0v) is 12.5. The van der Waals surface area contributed by atoms with Crippen molar-refractivity contribution in [1.29, 1.82) is 0 Å². The molecule has 0 aliphatic rings. The van der Waals surface area contributed by atoms with Gasteiger partial charge in [-0.15, -0.1) is 11.3 Å². The molecule has 2 rings (SSSR count). The van der Waals surface area contributed by atoms with Crippen molar-refractivity contribution in [2.45, 2.75) is 19.9 Å². The van der Waals surface area contributed by atoms with Gasteiger partial charge in [-0.2, -0.15) is 0 Å². The number of hydrogen-bond acceptors (Lipinski definition) is 4. The number of aromatic nitrogens is 1. The summed E-state index contributed by atoms with van der Waals surface area (Å²) in [5, 5.41) is 10.4. The number of carbonyl (C=O) groups is 2. The summed E-state index contributed by atoms with van der Waals surface area (Å²) in [5.74, 6) is -0.314. The largest absolute Gasteiger partial charge is 0.336 e. The molecule has 21 heavy (non-hydrogen) atoms. The number of rotatable bonds is 4. The number of benzene rings is 1. The number of nitrogens with zero attached hydrogens (tertiary/aromatic N) is 1. The molecule has 1 aromatic carbocycles. The molecule has 110 valence electrons. The summed E-state index contributed by atoms with van der Waals surface area (Å²) in [6, 6.07) is 6.48. The molecule has 6 nitrogen and oxygen atoms in total. The van der Waals surface area contributed by atoms with Crippen molar-refractivity contribution in [3.05, 3.63) is 41.4 Å². The summed E-state index contributed by atoms with van der Waals surface area (Å²) in [6.07, 6.45) is 1.61. The van der Waals surface area contributed by atoms with E-state index in [9.17, 15) is 9.59 Å². The molecule has 0 aliphatic heterocycles. The molecule has 0 saturated heterocycles. The molecule has 0 radical (unpaired) electrons. The summed E-state index contributed by atoms with van der Waals surface area (Å²) in [4.78, 5) is 28.0. The van der Waals surface area contributed by atoms with Crippen LogP contribution in [0.15, 0.2) is 35.8 Å². The van der Waals surface area contributed by atoms with E-state index in [-0.39, 0.29) is 18.0 Å². The van der Waals surface area contributed by atoms with E-state index in [0.29, 0.717) is 16.4 Å². The first kappa shape index (κ1) is 15.0. The van der Waals surface area contributed by atoms with Crippen LogP contribution in [0.5, 0.6) is 0 Å². The van der Waals surface area contributed by atoms with E-state index in [1.165, 1.54) is 11.3 Å². The highest BCUT2D eigenvalue weighted by Crippen LogP contribution is 2.18. The van der Waals surface area contributed by atoms with Gasteiger partial charge < -0.3 is 10.6 Å². The SMILES string of the molecule is CC(C)NC(=O)Nc1ccccc1C(=O)Nc1nccs1. The maximum absolute atomic E-state index is 12.2. The Morgan fingerprint density at radius 2 is 1.95 bits per heavy atom. The summed E-state index contributed by atoms with van der Waals surface area (Å²) in [7, 11) is 0. The van der Waals surface area contributed by atoms with Crippen molar-refractivity contribution in [3.63, 3.8) is 0 Å². The zero-order valence-electron chi connectivity index (χ0n) is 11.7. The average molecular weight is 304 g/mol. The van der Waals surface area contributed by atoms with Gasteiger partial charge in [0.05, 0.1) is 11.3 Å². The van der Waals surface area contributed by atoms with Crippen molar-refractivity contribution >= 4 is 34.1 Å². The first-order chi connectivity index (χ1) is 10.1. The fraction of sp³-hybridized carbons (Fsp3) is 0.214. The predicted molar refractivity (Wildman–Crippen MR) is 83.8 cm³/mol. The Balaban J connectivity index is 2.12. The standard InChI is InChI=1S/C14H16N4O2S/c1-9(2)16-13(20)17-11-6-4-3-5-10(11)12(19)18-14-15-7-8-21-14/h3-9H,1-2H3,(H,15,18,19)(H2,16,17,20).